The molecule has 0 aromatic carbocycles. The molecule has 368 valence electrons. The number of carbonyl (C=O) groups is 3. The van der Waals surface area contributed by atoms with Crippen LogP contribution in [0.3, 0.4) is 0 Å². The van der Waals surface area contributed by atoms with Crippen LogP contribution in [0.5, 0.6) is 0 Å². The second kappa shape index (κ2) is 46.5. The van der Waals surface area contributed by atoms with Crippen LogP contribution in [0, 0.1) is 0 Å². The van der Waals surface area contributed by atoms with Crippen LogP contribution >= 0.6 is 0 Å². The fourth-order valence-corrected chi connectivity index (χ4v) is 6.20. The van der Waals surface area contributed by atoms with Crippen molar-refractivity contribution in [3.05, 3.63) is 109 Å². The van der Waals surface area contributed by atoms with Gasteiger partial charge in [-0.05, 0) is 96.3 Å². The molecule has 0 rings (SSSR count). The van der Waals surface area contributed by atoms with Gasteiger partial charge in [-0.15, -0.1) is 0 Å². The molecule has 0 heterocycles. The second-order valence-corrected chi connectivity index (χ2v) is 17.4. The Bertz CT molecular complexity index is 1430. The van der Waals surface area contributed by atoms with Crippen molar-refractivity contribution in [2.24, 2.45) is 0 Å². The van der Waals surface area contributed by atoms with Gasteiger partial charge in [0.15, 0.2) is 6.10 Å². The number of esters is 2. The summed E-state index contributed by atoms with van der Waals surface area (Å²) in [5, 5.41) is 9.67. The third-order valence-electron chi connectivity index (χ3n) is 10.0. The van der Waals surface area contributed by atoms with Crippen LogP contribution in [-0.4, -0.2) is 87.4 Å². The summed E-state index contributed by atoms with van der Waals surface area (Å²) in [6, 6.07) is 0. The standard InChI is InChI=1S/C56H91NO8/c1-6-8-10-12-14-16-18-20-22-24-25-26-27-28-29-31-33-35-37-39-41-43-45-47-54(59)65-52(51-64-56(55(60)61)62-49-48-57(3,4)5)50-63-53(58)46-44-42-40-38-36-34-32-30-23-21-19-17-15-13-11-9-7-2/h8-11,14-17,20-23,25-26,28-29,32,34,52,56H,6-7,12-13,18-19,24,27,30-31,33,35-51H2,1-5H3/p+1/b10-8-,11-9-,16-14-,17-15-,22-20-,23-21-,26-25-,29-28-,34-32-. The maximum Gasteiger partial charge on any atom is 0.361 e. The molecule has 9 heteroatoms. The van der Waals surface area contributed by atoms with Gasteiger partial charge in [0, 0.05) is 12.8 Å². The monoisotopic (exact) mass is 907 g/mol. The first-order chi connectivity index (χ1) is 31.6. The zero-order chi connectivity index (χ0) is 47.7. The Morgan fingerprint density at radius 1 is 0.462 bits per heavy atom. The molecular weight excluding hydrogens is 815 g/mol. The number of unbranched alkanes of at least 4 members (excludes halogenated alkanes) is 11. The topological polar surface area (TPSA) is 108 Å². The van der Waals surface area contributed by atoms with Crippen LogP contribution in [0.4, 0.5) is 0 Å². The van der Waals surface area contributed by atoms with E-state index in [1.807, 2.05) is 21.1 Å². The highest BCUT2D eigenvalue weighted by atomic mass is 16.7. The third kappa shape index (κ3) is 47.7. The van der Waals surface area contributed by atoms with Gasteiger partial charge in [0.25, 0.3) is 6.29 Å². The first-order valence-electron chi connectivity index (χ1n) is 25.1. The molecule has 9 nitrogen and oxygen atoms in total. The fraction of sp³-hybridized carbons (Fsp3) is 0.625. The zero-order valence-corrected chi connectivity index (χ0v) is 41.6. The van der Waals surface area contributed by atoms with E-state index in [0.29, 0.717) is 23.9 Å². The quantitative estimate of drug-likeness (QED) is 0.0212. The van der Waals surface area contributed by atoms with Crippen LogP contribution in [0.25, 0.3) is 0 Å². The van der Waals surface area contributed by atoms with Crippen LogP contribution in [0.15, 0.2) is 109 Å². The van der Waals surface area contributed by atoms with Gasteiger partial charge in [-0.1, -0.05) is 168 Å². The second-order valence-electron chi connectivity index (χ2n) is 17.4. The first kappa shape index (κ1) is 60.9. The zero-order valence-electron chi connectivity index (χ0n) is 41.6. The van der Waals surface area contributed by atoms with Gasteiger partial charge >= 0.3 is 17.9 Å². The predicted molar refractivity (Wildman–Crippen MR) is 271 cm³/mol. The number of ether oxygens (including phenoxy) is 4. The van der Waals surface area contributed by atoms with Crippen molar-refractivity contribution >= 4 is 17.9 Å². The molecule has 0 aliphatic carbocycles. The smallest absolute Gasteiger partial charge is 0.361 e. The molecule has 2 atom stereocenters. The Balaban J connectivity index is 4.44. The van der Waals surface area contributed by atoms with Crippen molar-refractivity contribution in [2.45, 2.75) is 180 Å². The Morgan fingerprint density at radius 3 is 1.23 bits per heavy atom. The Kier molecular flexibility index (Phi) is 43.6. The SMILES string of the molecule is CC/C=C\C/C=C\C/C=C\C/C=C\C/C=C\CCCCCCCCCC(=O)OC(COC(=O)CCCCCC/C=C\C/C=C\C/C=C\C/C=C\CC)COC(OCC[N+](C)(C)C)C(=O)O. The molecule has 0 aromatic heterocycles. The van der Waals surface area contributed by atoms with Crippen molar-refractivity contribution < 1.29 is 42.9 Å². The van der Waals surface area contributed by atoms with Crippen LogP contribution in [-0.2, 0) is 33.3 Å². The number of carbonyl (C=O) groups excluding carboxylic acids is 2. The number of carboxylic acids is 1. The number of hydrogen-bond donors (Lipinski definition) is 1. The maximum absolute atomic E-state index is 12.8. The fourth-order valence-electron chi connectivity index (χ4n) is 6.20. The van der Waals surface area contributed by atoms with Crippen molar-refractivity contribution in [1.29, 1.82) is 0 Å². The summed E-state index contributed by atoms with van der Waals surface area (Å²) in [6.45, 7) is 4.58. The highest BCUT2D eigenvalue weighted by molar-refractivity contribution is 5.71. The summed E-state index contributed by atoms with van der Waals surface area (Å²) < 4.78 is 22.8. The number of likely N-dealkylation sites (N-methyl/N-ethyl adjacent to an activating group) is 1. The van der Waals surface area contributed by atoms with Gasteiger partial charge < -0.3 is 28.5 Å². The van der Waals surface area contributed by atoms with E-state index >= 15 is 0 Å². The molecule has 1 N–H and O–H groups in total. The molecule has 0 aliphatic heterocycles. The molecule has 2 unspecified atom stereocenters. The van der Waals surface area contributed by atoms with Gasteiger partial charge in [-0.2, -0.15) is 0 Å². The molecule has 65 heavy (non-hydrogen) atoms. The Hall–Kier alpha value is -4.05. The summed E-state index contributed by atoms with van der Waals surface area (Å²) in [7, 11) is 5.94. The molecule has 0 fully saturated rings. The molecule has 0 saturated carbocycles. The van der Waals surface area contributed by atoms with E-state index in [4.69, 9.17) is 18.9 Å². The van der Waals surface area contributed by atoms with E-state index in [1.54, 1.807) is 0 Å². The molecule has 0 aliphatic rings. The Labute approximate surface area is 396 Å². The maximum atomic E-state index is 12.8. The highest BCUT2D eigenvalue weighted by Crippen LogP contribution is 2.13. The predicted octanol–water partition coefficient (Wildman–Crippen LogP) is 14.0. The van der Waals surface area contributed by atoms with E-state index in [1.165, 1.54) is 19.3 Å². The minimum absolute atomic E-state index is 0.174. The van der Waals surface area contributed by atoms with Crippen molar-refractivity contribution in [3.63, 3.8) is 0 Å². The summed E-state index contributed by atoms with van der Waals surface area (Å²) >= 11 is 0. The highest BCUT2D eigenvalue weighted by Gasteiger charge is 2.25. The van der Waals surface area contributed by atoms with Gasteiger partial charge in [0.05, 0.1) is 34.4 Å². The molecular formula is C56H92NO8+. The van der Waals surface area contributed by atoms with Crippen molar-refractivity contribution in [2.75, 3.05) is 47.5 Å². The molecule has 0 aromatic rings. The van der Waals surface area contributed by atoms with E-state index < -0.39 is 24.3 Å². The first-order valence-corrected chi connectivity index (χ1v) is 25.1. The Morgan fingerprint density at radius 2 is 0.831 bits per heavy atom. The lowest BCUT2D eigenvalue weighted by atomic mass is 10.1. The van der Waals surface area contributed by atoms with E-state index in [2.05, 4.69) is 123 Å². The van der Waals surface area contributed by atoms with Crippen LogP contribution < -0.4 is 0 Å². The average Bonchev–Trinajstić information content (AvgIpc) is 3.27. The number of aliphatic carboxylic acids is 1. The summed E-state index contributed by atoms with van der Waals surface area (Å²) in [4.78, 5) is 37.3. The van der Waals surface area contributed by atoms with E-state index in [0.717, 1.165) is 109 Å². The molecule has 0 amide bonds. The normalized spacial score (nSPS) is 13.8. The van der Waals surface area contributed by atoms with Crippen LogP contribution in [0.1, 0.15) is 168 Å². The average molecular weight is 907 g/mol. The summed E-state index contributed by atoms with van der Waals surface area (Å²) in [5.41, 5.74) is 0. The molecule has 0 radical (unpaired) electrons. The lowest BCUT2D eigenvalue weighted by Gasteiger charge is -2.25. The van der Waals surface area contributed by atoms with Gasteiger partial charge in [-0.3, -0.25) is 9.59 Å². The summed E-state index contributed by atoms with van der Waals surface area (Å²) in [6.07, 6.45) is 60.0. The van der Waals surface area contributed by atoms with Gasteiger partial charge in [0.2, 0.25) is 0 Å². The number of quaternary nitrogens is 1. The third-order valence-corrected chi connectivity index (χ3v) is 10.0. The number of allylic oxidation sites excluding steroid dienone is 18. The molecule has 0 spiro atoms. The lowest BCUT2D eigenvalue weighted by molar-refractivity contribution is -0.870. The van der Waals surface area contributed by atoms with Crippen molar-refractivity contribution in [3.8, 4) is 0 Å². The number of rotatable bonds is 44. The minimum atomic E-state index is -1.53. The number of carboxylic acid groups (broad SMARTS) is 1. The summed E-state index contributed by atoms with van der Waals surface area (Å²) in [5.74, 6) is -2.07. The largest absolute Gasteiger partial charge is 0.477 e. The number of nitrogens with zero attached hydrogens (tertiary/aromatic N) is 1. The lowest BCUT2D eigenvalue weighted by Crippen LogP contribution is -2.40. The minimum Gasteiger partial charge on any atom is -0.477 e. The van der Waals surface area contributed by atoms with E-state index in [9.17, 15) is 19.5 Å². The van der Waals surface area contributed by atoms with Crippen molar-refractivity contribution in [1.82, 2.24) is 0 Å². The van der Waals surface area contributed by atoms with Gasteiger partial charge in [0.1, 0.15) is 13.2 Å². The van der Waals surface area contributed by atoms with E-state index in [-0.39, 0.29) is 38.6 Å². The molecule has 0 saturated heterocycles. The van der Waals surface area contributed by atoms with Gasteiger partial charge in [-0.25, -0.2) is 4.79 Å². The molecule has 0 bridgehead atoms. The number of hydrogen-bond acceptors (Lipinski definition) is 7. The van der Waals surface area contributed by atoms with Crippen LogP contribution in [0.2, 0.25) is 0 Å².